The van der Waals surface area contributed by atoms with Gasteiger partial charge in [-0.05, 0) is 54.9 Å². The number of carbonyl (C=O) groups is 1. The molecule has 0 amide bonds. The van der Waals surface area contributed by atoms with Gasteiger partial charge in [0.1, 0.15) is 22.2 Å². The van der Waals surface area contributed by atoms with Crippen molar-refractivity contribution < 1.29 is 9.21 Å². The van der Waals surface area contributed by atoms with Gasteiger partial charge in [-0.15, -0.1) is 0 Å². The van der Waals surface area contributed by atoms with Gasteiger partial charge >= 0.3 is 5.63 Å². The van der Waals surface area contributed by atoms with Crippen LogP contribution in [0.5, 0.6) is 0 Å². The monoisotopic (exact) mass is 418 g/mol. The van der Waals surface area contributed by atoms with Crippen LogP contribution in [0.2, 0.25) is 0 Å². The van der Waals surface area contributed by atoms with Crippen molar-refractivity contribution in [2.75, 3.05) is 5.75 Å². The summed E-state index contributed by atoms with van der Waals surface area (Å²) in [6.07, 6.45) is 4.00. The first-order chi connectivity index (χ1) is 14.5. The van der Waals surface area contributed by atoms with E-state index in [0.29, 0.717) is 21.6 Å². The van der Waals surface area contributed by atoms with Gasteiger partial charge in [-0.2, -0.15) is 5.26 Å². The summed E-state index contributed by atoms with van der Waals surface area (Å²) in [7, 11) is 0. The van der Waals surface area contributed by atoms with E-state index >= 15 is 0 Å². The molecule has 0 saturated heterocycles. The molecule has 3 aromatic rings. The summed E-state index contributed by atoms with van der Waals surface area (Å²) in [5.41, 5.74) is 3.74. The fraction of sp³-hybridized carbons (Fsp3) is 0.333. The van der Waals surface area contributed by atoms with E-state index in [0.717, 1.165) is 36.9 Å². The average Bonchev–Trinajstić information content (AvgIpc) is 2.75. The Morgan fingerprint density at radius 2 is 1.97 bits per heavy atom. The highest BCUT2D eigenvalue weighted by atomic mass is 32.2. The minimum Gasteiger partial charge on any atom is -0.422 e. The standard InChI is InChI=1S/C24H22N2O3S/c1-14(2)22-17-9-5-4-8-16(17)19(12-25)23(26-22)30-13-20(27)18-11-15-7-3-6-10-21(15)29-24(18)28/h3,6-7,10-11,14H,4-5,8-9,13H2,1-2H3. The molecule has 0 atom stereocenters. The molecule has 0 aliphatic heterocycles. The molecule has 0 radical (unpaired) electrons. The van der Waals surface area contributed by atoms with Gasteiger partial charge in [0.15, 0.2) is 5.78 Å². The number of Topliss-reactive ketones (excluding diaryl/α,β-unsaturated/α-hetero) is 1. The van der Waals surface area contributed by atoms with Gasteiger partial charge in [-0.3, -0.25) is 4.79 Å². The minimum atomic E-state index is -0.638. The van der Waals surface area contributed by atoms with Gasteiger partial charge < -0.3 is 4.42 Å². The molecular formula is C24H22N2O3S. The highest BCUT2D eigenvalue weighted by molar-refractivity contribution is 8.00. The number of para-hydroxylation sites is 1. The second-order valence-corrected chi connectivity index (χ2v) is 8.77. The first kappa shape index (κ1) is 20.4. The number of nitriles is 1. The fourth-order valence-electron chi connectivity index (χ4n) is 3.99. The van der Waals surface area contributed by atoms with Gasteiger partial charge in [0.25, 0.3) is 0 Å². The summed E-state index contributed by atoms with van der Waals surface area (Å²) in [5.74, 6) is -0.0534. The Hall–Kier alpha value is -2.91. The maximum absolute atomic E-state index is 12.8. The normalized spacial score (nSPS) is 13.3. The maximum atomic E-state index is 12.8. The van der Waals surface area contributed by atoms with Crippen LogP contribution < -0.4 is 5.63 Å². The van der Waals surface area contributed by atoms with Crippen molar-refractivity contribution in [3.8, 4) is 6.07 Å². The van der Waals surface area contributed by atoms with Crippen LogP contribution in [0, 0.1) is 11.3 Å². The summed E-state index contributed by atoms with van der Waals surface area (Å²) < 4.78 is 5.28. The molecule has 152 valence electrons. The molecule has 6 heteroatoms. The first-order valence-electron chi connectivity index (χ1n) is 10.1. The van der Waals surface area contributed by atoms with E-state index in [1.54, 1.807) is 24.3 Å². The summed E-state index contributed by atoms with van der Waals surface area (Å²) in [4.78, 5) is 29.9. The van der Waals surface area contributed by atoms with E-state index in [4.69, 9.17) is 9.40 Å². The smallest absolute Gasteiger partial charge is 0.347 e. The van der Waals surface area contributed by atoms with Crippen LogP contribution in [0.1, 0.15) is 65.3 Å². The van der Waals surface area contributed by atoms with Gasteiger partial charge in [0.05, 0.1) is 11.3 Å². The molecule has 2 heterocycles. The fourth-order valence-corrected chi connectivity index (χ4v) is 4.89. The Morgan fingerprint density at radius 1 is 1.23 bits per heavy atom. The van der Waals surface area contributed by atoms with E-state index in [9.17, 15) is 14.9 Å². The third kappa shape index (κ3) is 3.78. The molecule has 0 N–H and O–H groups in total. The third-order valence-corrected chi connectivity index (χ3v) is 6.43. The zero-order valence-corrected chi connectivity index (χ0v) is 17.8. The highest BCUT2D eigenvalue weighted by Gasteiger charge is 2.24. The number of nitrogens with zero attached hydrogens (tertiary/aromatic N) is 2. The Balaban J connectivity index is 1.66. The van der Waals surface area contributed by atoms with Crippen molar-refractivity contribution >= 4 is 28.5 Å². The van der Waals surface area contributed by atoms with Crippen LogP contribution in [-0.4, -0.2) is 16.5 Å². The Kier molecular flexibility index (Phi) is 5.74. The van der Waals surface area contributed by atoms with E-state index in [2.05, 4.69) is 19.9 Å². The highest BCUT2D eigenvalue weighted by Crippen LogP contribution is 2.35. The third-order valence-electron chi connectivity index (χ3n) is 5.46. The summed E-state index contributed by atoms with van der Waals surface area (Å²) in [6.45, 7) is 4.20. The van der Waals surface area contributed by atoms with Crippen molar-refractivity contribution in [2.24, 2.45) is 0 Å². The van der Waals surface area contributed by atoms with Crippen molar-refractivity contribution in [1.29, 1.82) is 5.26 Å². The van der Waals surface area contributed by atoms with Crippen molar-refractivity contribution in [3.63, 3.8) is 0 Å². The number of thioether (sulfide) groups is 1. The number of fused-ring (bicyclic) bond motifs is 2. The minimum absolute atomic E-state index is 0.0289. The largest absolute Gasteiger partial charge is 0.422 e. The predicted octanol–water partition coefficient (Wildman–Crippen LogP) is 5.04. The number of benzene rings is 1. The summed E-state index contributed by atoms with van der Waals surface area (Å²) >= 11 is 1.23. The summed E-state index contributed by atoms with van der Waals surface area (Å²) in [6, 6.07) is 11.0. The maximum Gasteiger partial charge on any atom is 0.347 e. The quantitative estimate of drug-likeness (QED) is 0.328. The second kappa shape index (κ2) is 8.45. The van der Waals surface area contributed by atoms with Crippen LogP contribution in [0.25, 0.3) is 11.0 Å². The Morgan fingerprint density at radius 3 is 2.70 bits per heavy atom. The Labute approximate surface area is 179 Å². The van der Waals surface area contributed by atoms with Crippen LogP contribution in [0.15, 0.2) is 44.6 Å². The van der Waals surface area contributed by atoms with Gasteiger partial charge in [0.2, 0.25) is 0 Å². The molecule has 30 heavy (non-hydrogen) atoms. The molecule has 0 fully saturated rings. The molecule has 2 aromatic heterocycles. The van der Waals surface area contributed by atoms with E-state index in [-0.39, 0.29) is 23.0 Å². The zero-order valence-electron chi connectivity index (χ0n) is 17.0. The topological polar surface area (TPSA) is 84.0 Å². The average molecular weight is 419 g/mol. The predicted molar refractivity (Wildman–Crippen MR) is 117 cm³/mol. The SMILES string of the molecule is CC(C)c1nc(SCC(=O)c2cc3ccccc3oc2=O)c(C#N)c2c1CCCC2. The lowest BCUT2D eigenvalue weighted by atomic mass is 9.86. The first-order valence-corrected chi connectivity index (χ1v) is 11.1. The second-order valence-electron chi connectivity index (χ2n) is 7.81. The lowest BCUT2D eigenvalue weighted by Gasteiger charge is -2.23. The number of ketones is 1. The molecule has 0 saturated carbocycles. The van der Waals surface area contributed by atoms with E-state index in [1.807, 2.05) is 6.07 Å². The number of aromatic nitrogens is 1. The van der Waals surface area contributed by atoms with Gasteiger partial charge in [-0.25, -0.2) is 9.78 Å². The molecule has 5 nitrogen and oxygen atoms in total. The van der Waals surface area contributed by atoms with Crippen LogP contribution >= 0.6 is 11.8 Å². The van der Waals surface area contributed by atoms with Crippen LogP contribution in [-0.2, 0) is 12.8 Å². The molecule has 0 spiro atoms. The number of pyridine rings is 1. The molecule has 1 aromatic carbocycles. The lowest BCUT2D eigenvalue weighted by molar-refractivity contribution is 0.101. The molecule has 4 rings (SSSR count). The van der Waals surface area contributed by atoms with E-state index in [1.165, 1.54) is 17.3 Å². The van der Waals surface area contributed by atoms with Gasteiger partial charge in [-0.1, -0.05) is 43.8 Å². The molecular weight excluding hydrogens is 396 g/mol. The van der Waals surface area contributed by atoms with Crippen LogP contribution in [0.4, 0.5) is 0 Å². The number of hydrogen-bond donors (Lipinski definition) is 0. The van der Waals surface area contributed by atoms with E-state index < -0.39 is 5.63 Å². The molecule has 1 aliphatic rings. The summed E-state index contributed by atoms with van der Waals surface area (Å²) in [5, 5.41) is 11.1. The number of carbonyl (C=O) groups excluding carboxylic acids is 1. The van der Waals surface area contributed by atoms with Crippen molar-refractivity contribution in [2.45, 2.75) is 50.5 Å². The lowest BCUT2D eigenvalue weighted by Crippen LogP contribution is -2.17. The van der Waals surface area contributed by atoms with Crippen LogP contribution in [0.3, 0.4) is 0 Å². The molecule has 0 unspecified atom stereocenters. The molecule has 0 bridgehead atoms. The Bertz CT molecular complexity index is 1240. The van der Waals surface area contributed by atoms with Crippen molar-refractivity contribution in [3.05, 3.63) is 68.7 Å². The number of hydrogen-bond acceptors (Lipinski definition) is 6. The number of rotatable bonds is 5. The zero-order chi connectivity index (χ0) is 21.3. The molecule has 1 aliphatic carbocycles. The van der Waals surface area contributed by atoms with Gasteiger partial charge in [0, 0.05) is 11.1 Å². The van der Waals surface area contributed by atoms with Crippen molar-refractivity contribution in [1.82, 2.24) is 4.98 Å².